The second-order valence-corrected chi connectivity index (χ2v) is 8.41. The Bertz CT molecular complexity index is 891. The molecule has 1 saturated heterocycles. The van der Waals surface area contributed by atoms with Crippen LogP contribution >= 0.6 is 0 Å². The van der Waals surface area contributed by atoms with Crippen LogP contribution in [0, 0.1) is 0 Å². The molecule has 1 fully saturated rings. The van der Waals surface area contributed by atoms with Crippen molar-refractivity contribution < 1.29 is 18.3 Å². The molecule has 1 aliphatic rings. The lowest BCUT2D eigenvalue weighted by Gasteiger charge is -2.32. The monoisotopic (exact) mass is 377 g/mol. The van der Waals surface area contributed by atoms with E-state index in [0.29, 0.717) is 19.6 Å². The number of hydrogen-bond acceptors (Lipinski definition) is 4. The van der Waals surface area contributed by atoms with Crippen LogP contribution in [0.3, 0.4) is 0 Å². The zero-order valence-corrected chi connectivity index (χ0v) is 15.5. The fourth-order valence-electron chi connectivity index (χ4n) is 3.41. The Morgan fingerprint density at radius 1 is 1.35 bits per heavy atom. The maximum atomic E-state index is 13.1. The topological polar surface area (TPSA) is 92.5 Å². The Hall–Kier alpha value is -2.19. The minimum absolute atomic E-state index is 0.0135. The van der Waals surface area contributed by atoms with Crippen molar-refractivity contribution in [2.45, 2.75) is 43.7 Å². The van der Waals surface area contributed by atoms with Crippen LogP contribution < -0.4 is 0 Å². The van der Waals surface area contributed by atoms with E-state index in [1.54, 1.807) is 24.3 Å². The van der Waals surface area contributed by atoms with Crippen molar-refractivity contribution in [2.75, 3.05) is 13.1 Å². The normalized spacial score (nSPS) is 18.7. The average molecular weight is 377 g/mol. The lowest BCUT2D eigenvalue weighted by atomic mass is 9.91. The van der Waals surface area contributed by atoms with E-state index in [1.807, 2.05) is 13.0 Å². The third kappa shape index (κ3) is 3.66. The number of nitrogens with zero attached hydrogens (tertiary/aromatic N) is 3. The predicted octanol–water partition coefficient (Wildman–Crippen LogP) is 2.56. The number of sulfonamides is 1. The molecule has 1 unspecified atom stereocenters. The van der Waals surface area contributed by atoms with Gasteiger partial charge in [0.15, 0.2) is 5.03 Å². The molecule has 1 aliphatic heterocycles. The van der Waals surface area contributed by atoms with Gasteiger partial charge in [-0.05, 0) is 48.9 Å². The molecule has 3 rings (SSSR count). The lowest BCUT2D eigenvalue weighted by molar-refractivity contribution is 0.0696. The highest BCUT2D eigenvalue weighted by Crippen LogP contribution is 2.30. The molecular weight excluding hydrogens is 354 g/mol. The Morgan fingerprint density at radius 3 is 2.88 bits per heavy atom. The molecule has 1 aromatic heterocycles. The number of aryl methyl sites for hydroxylation is 1. The third-order valence-corrected chi connectivity index (χ3v) is 6.59. The van der Waals surface area contributed by atoms with E-state index in [1.165, 1.54) is 15.2 Å². The molecular formula is C18H23N3O4S. The second-order valence-electron chi connectivity index (χ2n) is 6.53. The van der Waals surface area contributed by atoms with Crippen LogP contribution in [-0.2, 0) is 16.6 Å². The predicted molar refractivity (Wildman–Crippen MR) is 96.7 cm³/mol. The van der Waals surface area contributed by atoms with Crippen LogP contribution in [0.25, 0.3) is 0 Å². The largest absolute Gasteiger partial charge is 0.478 e. The molecule has 8 heteroatoms. The average Bonchev–Trinajstić information content (AvgIpc) is 3.11. The first-order valence-corrected chi connectivity index (χ1v) is 10.2. The Labute approximate surface area is 153 Å². The molecule has 2 aromatic rings. The minimum atomic E-state index is -3.62. The van der Waals surface area contributed by atoms with Gasteiger partial charge in [0.2, 0.25) is 0 Å². The summed E-state index contributed by atoms with van der Waals surface area (Å²) < 4.78 is 29.2. The number of aromatic carboxylic acids is 1. The fourth-order valence-corrected chi connectivity index (χ4v) is 5.06. The van der Waals surface area contributed by atoms with Crippen LogP contribution in [0.1, 0.15) is 48.0 Å². The number of benzene rings is 1. The standard InChI is InChI=1S/C18H23N3O4S/c1-2-10-21-17(8-9-19-21)26(24,25)20-11-4-7-16(13-20)14-5-3-6-15(12-14)18(22)23/h3,5-6,8-9,12,16H,2,4,7,10-11,13H2,1H3,(H,22,23). The number of carbonyl (C=O) groups is 1. The van der Waals surface area contributed by atoms with E-state index in [9.17, 15) is 18.3 Å². The Morgan fingerprint density at radius 2 is 2.15 bits per heavy atom. The molecule has 2 heterocycles. The summed E-state index contributed by atoms with van der Waals surface area (Å²) in [4.78, 5) is 11.2. The molecule has 1 atom stereocenters. The van der Waals surface area contributed by atoms with Crippen molar-refractivity contribution in [2.24, 2.45) is 0 Å². The minimum Gasteiger partial charge on any atom is -0.478 e. The van der Waals surface area contributed by atoms with Crippen LogP contribution in [0.5, 0.6) is 0 Å². The van der Waals surface area contributed by atoms with Crippen molar-refractivity contribution in [3.8, 4) is 0 Å². The molecule has 140 valence electrons. The van der Waals surface area contributed by atoms with Gasteiger partial charge >= 0.3 is 5.97 Å². The molecule has 0 spiro atoms. The lowest BCUT2D eigenvalue weighted by Crippen LogP contribution is -2.40. The van der Waals surface area contributed by atoms with Crippen LogP contribution in [0.4, 0.5) is 0 Å². The summed E-state index contributed by atoms with van der Waals surface area (Å²) in [7, 11) is -3.62. The van der Waals surface area contributed by atoms with Crippen molar-refractivity contribution in [1.29, 1.82) is 0 Å². The van der Waals surface area contributed by atoms with Crippen molar-refractivity contribution in [1.82, 2.24) is 14.1 Å². The van der Waals surface area contributed by atoms with Crippen LogP contribution in [0.15, 0.2) is 41.6 Å². The van der Waals surface area contributed by atoms with E-state index >= 15 is 0 Å². The number of carboxylic acid groups (broad SMARTS) is 1. The van der Waals surface area contributed by atoms with E-state index in [-0.39, 0.29) is 16.5 Å². The molecule has 1 N–H and O–H groups in total. The molecule has 0 aliphatic carbocycles. The SMILES string of the molecule is CCCn1nccc1S(=O)(=O)N1CCCC(c2cccc(C(=O)O)c2)C1. The summed E-state index contributed by atoms with van der Waals surface area (Å²) in [6, 6.07) is 8.31. The van der Waals surface area contributed by atoms with E-state index in [0.717, 1.165) is 24.8 Å². The summed E-state index contributed by atoms with van der Waals surface area (Å²) in [5, 5.41) is 13.5. The summed E-state index contributed by atoms with van der Waals surface area (Å²) in [6.07, 6.45) is 3.89. The highest BCUT2D eigenvalue weighted by Gasteiger charge is 2.33. The Balaban J connectivity index is 1.85. The number of aromatic nitrogens is 2. The molecule has 0 bridgehead atoms. The van der Waals surface area contributed by atoms with Gasteiger partial charge in [-0.2, -0.15) is 9.40 Å². The smallest absolute Gasteiger partial charge is 0.335 e. The van der Waals surface area contributed by atoms with Crippen LogP contribution in [-0.4, -0.2) is 46.7 Å². The Kier molecular flexibility index (Phi) is 5.43. The van der Waals surface area contributed by atoms with E-state index < -0.39 is 16.0 Å². The maximum absolute atomic E-state index is 13.1. The van der Waals surface area contributed by atoms with Crippen molar-refractivity contribution in [3.05, 3.63) is 47.7 Å². The zero-order chi connectivity index (χ0) is 18.7. The molecule has 1 aromatic carbocycles. The number of hydrogen-bond donors (Lipinski definition) is 1. The van der Waals surface area contributed by atoms with Gasteiger partial charge in [0, 0.05) is 19.6 Å². The number of carboxylic acids is 1. The van der Waals surface area contributed by atoms with Crippen molar-refractivity contribution >= 4 is 16.0 Å². The first kappa shape index (κ1) is 18.6. The van der Waals surface area contributed by atoms with Gasteiger partial charge in [-0.15, -0.1) is 0 Å². The number of rotatable bonds is 6. The molecule has 26 heavy (non-hydrogen) atoms. The van der Waals surface area contributed by atoms with Crippen LogP contribution in [0.2, 0.25) is 0 Å². The summed E-state index contributed by atoms with van der Waals surface area (Å²) in [5.74, 6) is -0.990. The van der Waals surface area contributed by atoms with Gasteiger partial charge in [-0.3, -0.25) is 4.68 Å². The first-order valence-electron chi connectivity index (χ1n) is 8.78. The maximum Gasteiger partial charge on any atom is 0.335 e. The summed E-state index contributed by atoms with van der Waals surface area (Å²) in [6.45, 7) is 3.35. The molecule has 0 amide bonds. The van der Waals surface area contributed by atoms with Gasteiger partial charge in [0.1, 0.15) is 0 Å². The van der Waals surface area contributed by atoms with E-state index in [2.05, 4.69) is 5.10 Å². The molecule has 0 radical (unpaired) electrons. The fraction of sp³-hybridized carbons (Fsp3) is 0.444. The van der Waals surface area contributed by atoms with Gasteiger partial charge < -0.3 is 5.11 Å². The molecule has 0 saturated carbocycles. The highest BCUT2D eigenvalue weighted by atomic mass is 32.2. The summed E-state index contributed by atoms with van der Waals surface area (Å²) >= 11 is 0. The zero-order valence-electron chi connectivity index (χ0n) is 14.7. The van der Waals surface area contributed by atoms with Gasteiger partial charge in [0.05, 0.1) is 11.8 Å². The van der Waals surface area contributed by atoms with Crippen molar-refractivity contribution in [3.63, 3.8) is 0 Å². The molecule has 7 nitrogen and oxygen atoms in total. The van der Waals surface area contributed by atoms with Gasteiger partial charge in [-0.1, -0.05) is 19.1 Å². The number of piperidine rings is 1. The highest BCUT2D eigenvalue weighted by molar-refractivity contribution is 7.89. The van der Waals surface area contributed by atoms with Gasteiger partial charge in [0.25, 0.3) is 10.0 Å². The quantitative estimate of drug-likeness (QED) is 0.835. The third-order valence-electron chi connectivity index (χ3n) is 4.71. The second kappa shape index (κ2) is 7.59. The summed E-state index contributed by atoms with van der Waals surface area (Å²) in [5.41, 5.74) is 1.09. The van der Waals surface area contributed by atoms with Gasteiger partial charge in [-0.25, -0.2) is 13.2 Å². The van der Waals surface area contributed by atoms with E-state index in [4.69, 9.17) is 0 Å². The first-order chi connectivity index (χ1) is 12.4.